The summed E-state index contributed by atoms with van der Waals surface area (Å²) in [4.78, 5) is 16.0. The number of likely N-dealkylation sites (N-methyl/N-ethyl adjacent to an activating group) is 1. The molecule has 0 aromatic heterocycles. The molecular weight excluding hydrogens is 339 g/mol. The lowest BCUT2D eigenvalue weighted by Gasteiger charge is -2.21. The van der Waals surface area contributed by atoms with E-state index in [2.05, 4.69) is 51.8 Å². The van der Waals surface area contributed by atoms with Crippen LogP contribution in [0, 0.1) is 3.57 Å². The molecular formula is C14H19IN2O. The van der Waals surface area contributed by atoms with Crippen molar-refractivity contribution in [2.24, 2.45) is 0 Å². The van der Waals surface area contributed by atoms with Gasteiger partial charge in [-0.2, -0.15) is 0 Å². The number of likely N-dealkylation sites (tertiary alicyclic amines) is 1. The van der Waals surface area contributed by atoms with Gasteiger partial charge in [0.05, 0.1) is 6.54 Å². The molecule has 1 fully saturated rings. The minimum absolute atomic E-state index is 0.264. The summed E-state index contributed by atoms with van der Waals surface area (Å²) in [5.41, 5.74) is 1.26. The van der Waals surface area contributed by atoms with Gasteiger partial charge in [0.1, 0.15) is 0 Å². The fourth-order valence-corrected chi connectivity index (χ4v) is 2.61. The van der Waals surface area contributed by atoms with Crippen molar-refractivity contribution in [1.29, 1.82) is 0 Å². The summed E-state index contributed by atoms with van der Waals surface area (Å²) in [5.74, 6) is 0.264. The van der Waals surface area contributed by atoms with Crippen molar-refractivity contribution in [2.45, 2.75) is 19.4 Å². The Morgan fingerprint density at radius 2 is 1.89 bits per heavy atom. The molecule has 1 aromatic carbocycles. The van der Waals surface area contributed by atoms with Crippen LogP contribution in [0.2, 0.25) is 0 Å². The summed E-state index contributed by atoms with van der Waals surface area (Å²) in [6.45, 7) is 3.23. The second-order valence-electron chi connectivity index (χ2n) is 4.89. The molecule has 1 aromatic rings. The number of carbonyl (C=O) groups is 1. The van der Waals surface area contributed by atoms with Gasteiger partial charge < -0.3 is 4.90 Å². The zero-order chi connectivity index (χ0) is 13.0. The third-order valence-electron chi connectivity index (χ3n) is 3.23. The molecule has 1 amide bonds. The number of hydrogen-bond donors (Lipinski definition) is 0. The monoisotopic (exact) mass is 358 g/mol. The number of amides is 1. The summed E-state index contributed by atoms with van der Waals surface area (Å²) in [7, 11) is 2.01. The predicted molar refractivity (Wildman–Crippen MR) is 81.3 cm³/mol. The number of halogens is 1. The molecule has 1 aliphatic rings. The summed E-state index contributed by atoms with van der Waals surface area (Å²) < 4.78 is 1.24. The average molecular weight is 358 g/mol. The van der Waals surface area contributed by atoms with Crippen molar-refractivity contribution in [2.75, 3.05) is 26.7 Å². The van der Waals surface area contributed by atoms with Crippen LogP contribution in [-0.2, 0) is 11.3 Å². The van der Waals surface area contributed by atoms with Crippen LogP contribution in [0.1, 0.15) is 18.4 Å². The summed E-state index contributed by atoms with van der Waals surface area (Å²) in [5, 5.41) is 0. The van der Waals surface area contributed by atoms with Crippen LogP contribution in [-0.4, -0.2) is 42.4 Å². The quantitative estimate of drug-likeness (QED) is 0.772. The van der Waals surface area contributed by atoms with Gasteiger partial charge in [-0.15, -0.1) is 0 Å². The van der Waals surface area contributed by atoms with Crippen molar-refractivity contribution in [3.8, 4) is 0 Å². The van der Waals surface area contributed by atoms with Crippen LogP contribution in [0.25, 0.3) is 0 Å². The van der Waals surface area contributed by atoms with Gasteiger partial charge >= 0.3 is 0 Å². The largest absolute Gasteiger partial charge is 0.342 e. The molecule has 0 radical (unpaired) electrons. The molecule has 0 unspecified atom stereocenters. The molecule has 0 atom stereocenters. The van der Waals surface area contributed by atoms with E-state index in [1.807, 2.05) is 11.9 Å². The van der Waals surface area contributed by atoms with Crippen LogP contribution >= 0.6 is 22.6 Å². The van der Waals surface area contributed by atoms with E-state index >= 15 is 0 Å². The lowest BCUT2D eigenvalue weighted by atomic mass is 10.2. The first kappa shape index (κ1) is 13.8. The van der Waals surface area contributed by atoms with Crippen LogP contribution in [0.4, 0.5) is 0 Å². The molecule has 1 saturated heterocycles. The molecule has 0 N–H and O–H groups in total. The topological polar surface area (TPSA) is 23.6 Å². The first-order valence-corrected chi connectivity index (χ1v) is 7.44. The van der Waals surface area contributed by atoms with Gasteiger partial charge in [-0.05, 0) is 60.2 Å². The Labute approximate surface area is 122 Å². The van der Waals surface area contributed by atoms with E-state index < -0.39 is 0 Å². The molecule has 0 spiro atoms. The van der Waals surface area contributed by atoms with Crippen molar-refractivity contribution in [3.63, 3.8) is 0 Å². The summed E-state index contributed by atoms with van der Waals surface area (Å²) >= 11 is 2.30. The van der Waals surface area contributed by atoms with Crippen LogP contribution in [0.5, 0.6) is 0 Å². The van der Waals surface area contributed by atoms with Crippen molar-refractivity contribution >= 4 is 28.5 Å². The highest BCUT2D eigenvalue weighted by atomic mass is 127. The molecule has 0 bridgehead atoms. The number of benzene rings is 1. The Balaban J connectivity index is 1.82. The van der Waals surface area contributed by atoms with Gasteiger partial charge in [0, 0.05) is 23.2 Å². The maximum atomic E-state index is 12.0. The highest BCUT2D eigenvalue weighted by Gasteiger charge is 2.18. The maximum absolute atomic E-state index is 12.0. The van der Waals surface area contributed by atoms with Gasteiger partial charge in [0.15, 0.2) is 0 Å². The van der Waals surface area contributed by atoms with Crippen LogP contribution in [0.3, 0.4) is 0 Å². The third kappa shape index (κ3) is 3.95. The molecule has 0 saturated carbocycles. The summed E-state index contributed by atoms with van der Waals surface area (Å²) in [6.07, 6.45) is 2.32. The Bertz CT molecular complexity index is 399. The van der Waals surface area contributed by atoms with Gasteiger partial charge in [-0.3, -0.25) is 9.69 Å². The predicted octanol–water partition coefficient (Wildman–Crippen LogP) is 2.35. The maximum Gasteiger partial charge on any atom is 0.236 e. The molecule has 4 heteroatoms. The van der Waals surface area contributed by atoms with Crippen LogP contribution in [0.15, 0.2) is 24.3 Å². The second kappa shape index (κ2) is 6.52. The Morgan fingerprint density at radius 1 is 1.28 bits per heavy atom. The molecule has 0 aliphatic carbocycles. The average Bonchev–Trinajstić information content (AvgIpc) is 2.85. The number of hydrogen-bond acceptors (Lipinski definition) is 2. The lowest BCUT2D eigenvalue weighted by molar-refractivity contribution is -0.131. The number of rotatable bonds is 4. The Morgan fingerprint density at radius 3 is 2.50 bits per heavy atom. The molecule has 1 heterocycles. The first-order chi connectivity index (χ1) is 8.65. The molecule has 18 heavy (non-hydrogen) atoms. The van der Waals surface area contributed by atoms with E-state index in [-0.39, 0.29) is 5.91 Å². The van der Waals surface area contributed by atoms with Gasteiger partial charge in [0.25, 0.3) is 0 Å². The van der Waals surface area contributed by atoms with Crippen LogP contribution < -0.4 is 0 Å². The SMILES string of the molecule is CN(CC(=O)N1CCCC1)Cc1ccc(I)cc1. The molecule has 98 valence electrons. The minimum atomic E-state index is 0.264. The minimum Gasteiger partial charge on any atom is -0.342 e. The molecule has 2 rings (SSSR count). The number of carbonyl (C=O) groups excluding carboxylic acids is 1. The second-order valence-corrected chi connectivity index (χ2v) is 6.13. The highest BCUT2D eigenvalue weighted by Crippen LogP contribution is 2.10. The van der Waals surface area contributed by atoms with E-state index in [0.29, 0.717) is 6.54 Å². The van der Waals surface area contributed by atoms with Crippen molar-refractivity contribution in [3.05, 3.63) is 33.4 Å². The van der Waals surface area contributed by atoms with Crippen molar-refractivity contribution < 1.29 is 4.79 Å². The fraction of sp³-hybridized carbons (Fsp3) is 0.500. The fourth-order valence-electron chi connectivity index (χ4n) is 2.25. The van der Waals surface area contributed by atoms with E-state index in [0.717, 1.165) is 32.5 Å². The van der Waals surface area contributed by atoms with Gasteiger partial charge in [-0.1, -0.05) is 12.1 Å². The van der Waals surface area contributed by atoms with Gasteiger partial charge in [-0.25, -0.2) is 0 Å². The Hall–Kier alpha value is -0.620. The zero-order valence-electron chi connectivity index (χ0n) is 10.7. The number of nitrogens with zero attached hydrogens (tertiary/aromatic N) is 2. The van der Waals surface area contributed by atoms with E-state index in [4.69, 9.17) is 0 Å². The standard InChI is InChI=1S/C14H19IN2O/c1-16(10-12-4-6-13(15)7-5-12)11-14(18)17-8-2-3-9-17/h4-7H,2-3,8-11H2,1H3. The van der Waals surface area contributed by atoms with Gasteiger partial charge in [0.2, 0.25) is 5.91 Å². The highest BCUT2D eigenvalue weighted by molar-refractivity contribution is 14.1. The summed E-state index contributed by atoms with van der Waals surface area (Å²) in [6, 6.07) is 8.45. The molecule has 1 aliphatic heterocycles. The lowest BCUT2D eigenvalue weighted by Crippen LogP contribution is -2.36. The van der Waals surface area contributed by atoms with E-state index in [1.54, 1.807) is 0 Å². The van der Waals surface area contributed by atoms with E-state index in [1.165, 1.54) is 9.13 Å². The van der Waals surface area contributed by atoms with E-state index in [9.17, 15) is 4.79 Å². The normalized spacial score (nSPS) is 15.4. The smallest absolute Gasteiger partial charge is 0.236 e. The third-order valence-corrected chi connectivity index (χ3v) is 3.95. The Kier molecular flexibility index (Phi) is 5.00. The van der Waals surface area contributed by atoms with Crippen molar-refractivity contribution in [1.82, 2.24) is 9.80 Å². The zero-order valence-corrected chi connectivity index (χ0v) is 12.9. The molecule has 3 nitrogen and oxygen atoms in total. The first-order valence-electron chi connectivity index (χ1n) is 6.36.